The summed E-state index contributed by atoms with van der Waals surface area (Å²) in [5.74, 6) is -5.64. The molecule has 0 saturated carbocycles. The number of carbonyl (C=O) groups excluding carboxylic acids is 8. The Morgan fingerprint density at radius 3 is 1.45 bits per heavy atom. The van der Waals surface area contributed by atoms with Crippen LogP contribution in [0.4, 0.5) is 0 Å². The summed E-state index contributed by atoms with van der Waals surface area (Å²) >= 11 is 0. The van der Waals surface area contributed by atoms with Crippen molar-refractivity contribution in [3.05, 3.63) is 35.9 Å². The van der Waals surface area contributed by atoms with Crippen LogP contribution in [0.15, 0.2) is 30.3 Å². The maximum Gasteiger partial charge on any atom is 0.245 e. The lowest BCUT2D eigenvalue weighted by Crippen LogP contribution is -2.61. The van der Waals surface area contributed by atoms with E-state index >= 15 is 0 Å². The number of hydrogen-bond acceptors (Lipinski definition) is 12. The first-order chi connectivity index (χ1) is 31.3. The Morgan fingerprint density at radius 1 is 0.576 bits per heavy atom. The average molecular weight is 930 g/mol. The van der Waals surface area contributed by atoms with E-state index in [-0.39, 0.29) is 68.7 Å². The van der Waals surface area contributed by atoms with Crippen LogP contribution in [-0.4, -0.2) is 127 Å². The number of primary amides is 1. The molecule has 1 aromatic carbocycles. The van der Waals surface area contributed by atoms with Gasteiger partial charge in [0.05, 0.1) is 12.6 Å². The van der Waals surface area contributed by atoms with Crippen LogP contribution >= 0.6 is 0 Å². The number of aliphatic hydroxyl groups excluding tert-OH is 1. The molecule has 0 aliphatic carbocycles. The first-order valence-electron chi connectivity index (χ1n) is 23.5. The van der Waals surface area contributed by atoms with Crippen LogP contribution < -0.4 is 59.7 Å². The smallest absolute Gasteiger partial charge is 0.245 e. The third-order valence-electron chi connectivity index (χ3n) is 11.1. The molecule has 1 aliphatic rings. The van der Waals surface area contributed by atoms with Crippen molar-refractivity contribution in [3.8, 4) is 0 Å². The van der Waals surface area contributed by atoms with Crippen molar-refractivity contribution in [1.29, 1.82) is 0 Å². The highest BCUT2D eigenvalue weighted by atomic mass is 16.3. The maximum absolute atomic E-state index is 14.0. The SMILES string of the molecule is CC(C)C[C@H](NC(=O)[C@H](CCCCN)NC(=O)[C@H](CC(C)C)NC(=O)[C@H](CO)NC(=O)[C@H](CC(C)C)NC(=O)[C@H](CCCN)NC(=O)[C@H](Cc1ccccc1)NC(=O)[C@@H]1CCCN1)C(N)=O. The van der Waals surface area contributed by atoms with Gasteiger partial charge in [0.2, 0.25) is 47.3 Å². The maximum atomic E-state index is 14.0. The zero-order valence-electron chi connectivity index (χ0n) is 39.8. The summed E-state index contributed by atoms with van der Waals surface area (Å²) in [4.78, 5) is 108. The number of nitrogens with two attached hydrogens (primary N) is 3. The van der Waals surface area contributed by atoms with Crippen LogP contribution in [0.5, 0.6) is 0 Å². The Labute approximate surface area is 390 Å². The second-order valence-electron chi connectivity index (χ2n) is 18.5. The van der Waals surface area contributed by atoms with Crippen molar-refractivity contribution in [1.82, 2.24) is 42.5 Å². The predicted molar refractivity (Wildman–Crippen MR) is 251 cm³/mol. The zero-order chi connectivity index (χ0) is 49.3. The van der Waals surface area contributed by atoms with Crippen molar-refractivity contribution < 1.29 is 43.5 Å². The van der Waals surface area contributed by atoms with E-state index in [2.05, 4.69) is 42.5 Å². The molecule has 20 nitrogen and oxygen atoms in total. The third-order valence-corrected chi connectivity index (χ3v) is 11.1. The van der Waals surface area contributed by atoms with Gasteiger partial charge in [-0.05, 0) is 107 Å². The number of aliphatic hydroxyl groups is 1. The van der Waals surface area contributed by atoms with Gasteiger partial charge in [-0.15, -0.1) is 0 Å². The van der Waals surface area contributed by atoms with Crippen LogP contribution in [0.3, 0.4) is 0 Å². The lowest BCUT2D eigenvalue weighted by atomic mass is 10.00. The summed E-state index contributed by atoms with van der Waals surface area (Å²) in [6, 6.07) is 0.411. The molecule has 8 amide bonds. The van der Waals surface area contributed by atoms with E-state index in [0.717, 1.165) is 12.0 Å². The highest BCUT2D eigenvalue weighted by molar-refractivity contribution is 5.97. The molecule has 1 aliphatic heterocycles. The average Bonchev–Trinajstić information content (AvgIpc) is 3.81. The van der Waals surface area contributed by atoms with E-state index in [0.29, 0.717) is 38.8 Å². The number of amides is 8. The summed E-state index contributed by atoms with van der Waals surface area (Å²) < 4.78 is 0. The van der Waals surface area contributed by atoms with Gasteiger partial charge in [-0.25, -0.2) is 0 Å². The first kappa shape index (κ1) is 56.9. The van der Waals surface area contributed by atoms with Gasteiger partial charge < -0.3 is 64.8 Å². The van der Waals surface area contributed by atoms with Gasteiger partial charge in [-0.2, -0.15) is 0 Å². The largest absolute Gasteiger partial charge is 0.394 e. The number of rotatable bonds is 31. The lowest BCUT2D eigenvalue weighted by Gasteiger charge is -2.28. The molecule has 15 N–H and O–H groups in total. The molecule has 1 aromatic rings. The molecule has 1 saturated heterocycles. The van der Waals surface area contributed by atoms with Crippen LogP contribution in [0.2, 0.25) is 0 Å². The molecule has 0 bridgehead atoms. The Bertz CT molecular complexity index is 1710. The molecule has 8 atom stereocenters. The second-order valence-corrected chi connectivity index (χ2v) is 18.5. The zero-order valence-corrected chi connectivity index (χ0v) is 39.8. The van der Waals surface area contributed by atoms with E-state index in [9.17, 15) is 43.5 Å². The fourth-order valence-electron chi connectivity index (χ4n) is 7.54. The molecule has 1 fully saturated rings. The van der Waals surface area contributed by atoms with E-state index in [1.54, 1.807) is 0 Å². The molecule has 0 spiro atoms. The molecule has 20 heteroatoms. The molecule has 372 valence electrons. The Morgan fingerprint density at radius 2 is 1.00 bits per heavy atom. The predicted octanol–water partition coefficient (Wildman–Crippen LogP) is -1.14. The van der Waals surface area contributed by atoms with Crippen molar-refractivity contribution >= 4 is 47.3 Å². The van der Waals surface area contributed by atoms with Crippen molar-refractivity contribution in [2.45, 2.75) is 161 Å². The van der Waals surface area contributed by atoms with Crippen molar-refractivity contribution in [3.63, 3.8) is 0 Å². The molecular weight excluding hydrogens is 851 g/mol. The van der Waals surface area contributed by atoms with E-state index in [1.807, 2.05) is 71.9 Å². The first-order valence-corrected chi connectivity index (χ1v) is 23.5. The van der Waals surface area contributed by atoms with Crippen LogP contribution in [0, 0.1) is 17.8 Å². The van der Waals surface area contributed by atoms with E-state index in [1.165, 1.54) is 0 Å². The van der Waals surface area contributed by atoms with E-state index in [4.69, 9.17) is 17.2 Å². The monoisotopic (exact) mass is 930 g/mol. The van der Waals surface area contributed by atoms with Gasteiger partial charge in [-0.1, -0.05) is 71.9 Å². The quantitative estimate of drug-likeness (QED) is 0.0394. The third kappa shape index (κ3) is 21.0. The Kier molecular flexibility index (Phi) is 26.0. The minimum atomic E-state index is -1.56. The van der Waals surface area contributed by atoms with Crippen LogP contribution in [-0.2, 0) is 44.8 Å². The molecule has 0 radical (unpaired) electrons. The summed E-state index contributed by atoms with van der Waals surface area (Å²) in [5.41, 5.74) is 17.8. The van der Waals surface area contributed by atoms with Gasteiger partial charge in [0.25, 0.3) is 0 Å². The second kappa shape index (κ2) is 30.2. The molecule has 2 rings (SSSR count). The molecule has 0 aromatic heterocycles. The minimum Gasteiger partial charge on any atom is -0.394 e. The molecule has 1 heterocycles. The molecular formula is C46H79N11O9. The Balaban J connectivity index is 2.28. The molecule has 66 heavy (non-hydrogen) atoms. The normalized spacial score (nSPS) is 16.8. The van der Waals surface area contributed by atoms with E-state index < -0.39 is 96.3 Å². The topological polar surface area (TPSA) is 331 Å². The lowest BCUT2D eigenvalue weighted by molar-refractivity contribution is -0.136. The fourth-order valence-corrected chi connectivity index (χ4v) is 7.54. The number of nitrogens with one attached hydrogen (secondary N) is 8. The number of hydrogen-bond donors (Lipinski definition) is 12. The number of carbonyl (C=O) groups is 8. The van der Waals surface area contributed by atoms with Gasteiger partial charge in [0.1, 0.15) is 42.3 Å². The minimum absolute atomic E-state index is 0.0329. The molecule has 0 unspecified atom stereocenters. The number of unbranched alkanes of at least 4 members (excludes halogenated alkanes) is 1. The van der Waals surface area contributed by atoms with Crippen molar-refractivity contribution in [2.75, 3.05) is 26.2 Å². The van der Waals surface area contributed by atoms with Gasteiger partial charge in [0.15, 0.2) is 0 Å². The fraction of sp³-hybridized carbons (Fsp3) is 0.696. The standard InChI is InChI=1S/C46H79N11O9/c1-27(2)22-34(39(49)59)53-41(61)32(16-10-11-19-47)51-43(63)35(23-28(3)4)55-46(66)38(26-58)57-44(64)36(24-29(5)6)54-42(62)33(17-12-20-48)52-45(65)37(25-30-14-8-7-9-15-30)56-40(60)31-18-13-21-50-31/h7-9,14-15,27-29,31-38,50,58H,10-13,16-26,47-48H2,1-6H3,(H2,49,59)(H,51,63)(H,52,65)(H,53,61)(H,54,62)(H,55,66)(H,56,60)(H,57,64)/t31-,32-,33-,34-,35-,36-,37-,38-/m0/s1. The van der Waals surface area contributed by atoms with Crippen molar-refractivity contribution in [2.24, 2.45) is 35.0 Å². The van der Waals surface area contributed by atoms with Gasteiger partial charge in [0, 0.05) is 6.42 Å². The highest BCUT2D eigenvalue weighted by Gasteiger charge is 2.35. The van der Waals surface area contributed by atoms with Crippen LogP contribution in [0.25, 0.3) is 0 Å². The summed E-state index contributed by atoms with van der Waals surface area (Å²) in [6.45, 7) is 11.4. The Hall–Kier alpha value is -5.18. The highest BCUT2D eigenvalue weighted by Crippen LogP contribution is 2.13. The summed E-state index contributed by atoms with van der Waals surface area (Å²) in [5, 5.41) is 32.3. The number of benzene rings is 1. The van der Waals surface area contributed by atoms with Gasteiger partial charge in [-0.3, -0.25) is 38.4 Å². The summed E-state index contributed by atoms with van der Waals surface area (Å²) in [7, 11) is 0. The summed E-state index contributed by atoms with van der Waals surface area (Å²) in [6.07, 6.45) is 3.76. The van der Waals surface area contributed by atoms with Gasteiger partial charge >= 0.3 is 0 Å². The van der Waals surface area contributed by atoms with Crippen LogP contribution in [0.1, 0.15) is 111 Å².